The zero-order valence-corrected chi connectivity index (χ0v) is 16.7. The number of urea groups is 1. The predicted molar refractivity (Wildman–Crippen MR) is 109 cm³/mol. The van der Waals surface area contributed by atoms with Crippen LogP contribution in [0.1, 0.15) is 27.8 Å². The molecule has 0 radical (unpaired) electrons. The number of hydrogen-bond donors (Lipinski definition) is 1. The van der Waals surface area contributed by atoms with Gasteiger partial charge in [0.1, 0.15) is 0 Å². The van der Waals surface area contributed by atoms with Crippen LogP contribution in [0.25, 0.3) is 0 Å². The molecule has 144 valence electrons. The van der Waals surface area contributed by atoms with Gasteiger partial charge in [-0.25, -0.2) is 4.79 Å². The molecule has 2 heterocycles. The highest BCUT2D eigenvalue weighted by Crippen LogP contribution is 2.16. The Morgan fingerprint density at radius 1 is 1.11 bits per heavy atom. The summed E-state index contributed by atoms with van der Waals surface area (Å²) in [6, 6.07) is 8.55. The van der Waals surface area contributed by atoms with Crippen molar-refractivity contribution in [1.29, 1.82) is 0 Å². The number of aryl methyl sites for hydroxylation is 3. The van der Waals surface area contributed by atoms with Gasteiger partial charge in [-0.05, 0) is 55.5 Å². The molecule has 0 aliphatic carbocycles. The second-order valence-corrected chi connectivity index (χ2v) is 7.48. The minimum Gasteiger partial charge on any atom is -0.338 e. The number of carbonyl (C=O) groups excluding carboxylic acids is 1. The molecule has 1 aromatic carbocycles. The van der Waals surface area contributed by atoms with Gasteiger partial charge in [-0.2, -0.15) is 0 Å². The van der Waals surface area contributed by atoms with Gasteiger partial charge < -0.3 is 10.2 Å². The monoisotopic (exact) mass is 366 g/mol. The lowest BCUT2D eigenvalue weighted by Gasteiger charge is -2.34. The quantitative estimate of drug-likeness (QED) is 0.885. The standard InChI is InChI=1S/C22H30N4O/c1-17-13-18(2)21(19(3)14-17)6-8-24-22(27)26-11-9-25(10-12-26)16-20-5-4-7-23-15-20/h4-5,7,13-15H,6,8-12,16H2,1-3H3,(H,24,27). The first kappa shape index (κ1) is 19.4. The second kappa shape index (κ2) is 9.00. The largest absolute Gasteiger partial charge is 0.338 e. The van der Waals surface area contributed by atoms with Crippen LogP contribution in [-0.2, 0) is 13.0 Å². The van der Waals surface area contributed by atoms with Gasteiger partial charge >= 0.3 is 6.03 Å². The van der Waals surface area contributed by atoms with Crippen molar-refractivity contribution >= 4 is 6.03 Å². The summed E-state index contributed by atoms with van der Waals surface area (Å²) in [5.74, 6) is 0. The van der Waals surface area contributed by atoms with Crippen molar-refractivity contribution in [2.45, 2.75) is 33.7 Å². The van der Waals surface area contributed by atoms with Crippen LogP contribution in [-0.4, -0.2) is 53.5 Å². The molecule has 0 unspecified atom stereocenters. The molecule has 1 aliphatic rings. The molecule has 5 heteroatoms. The number of carbonyl (C=O) groups is 1. The van der Waals surface area contributed by atoms with Crippen LogP contribution >= 0.6 is 0 Å². The Bertz CT molecular complexity index is 744. The summed E-state index contributed by atoms with van der Waals surface area (Å²) in [5, 5.41) is 3.09. The van der Waals surface area contributed by atoms with E-state index in [-0.39, 0.29) is 6.03 Å². The smallest absolute Gasteiger partial charge is 0.317 e. The van der Waals surface area contributed by atoms with Crippen LogP contribution < -0.4 is 5.32 Å². The maximum absolute atomic E-state index is 12.5. The van der Waals surface area contributed by atoms with Crippen molar-refractivity contribution in [1.82, 2.24) is 20.1 Å². The molecular weight excluding hydrogens is 336 g/mol. The zero-order chi connectivity index (χ0) is 19.2. The van der Waals surface area contributed by atoms with E-state index in [1.807, 2.05) is 17.2 Å². The molecule has 5 nitrogen and oxygen atoms in total. The topological polar surface area (TPSA) is 48.5 Å². The minimum atomic E-state index is 0.0541. The van der Waals surface area contributed by atoms with Crippen LogP contribution in [0.15, 0.2) is 36.7 Å². The third-order valence-corrected chi connectivity index (χ3v) is 5.28. The first-order valence-electron chi connectivity index (χ1n) is 9.73. The van der Waals surface area contributed by atoms with E-state index in [9.17, 15) is 4.79 Å². The lowest BCUT2D eigenvalue weighted by Crippen LogP contribution is -2.51. The Hall–Kier alpha value is -2.40. The average molecular weight is 367 g/mol. The highest BCUT2D eigenvalue weighted by Gasteiger charge is 2.20. The number of nitrogens with one attached hydrogen (secondary N) is 1. The number of rotatable bonds is 5. The first-order chi connectivity index (χ1) is 13.0. The number of aromatic nitrogens is 1. The van der Waals surface area contributed by atoms with E-state index in [1.54, 1.807) is 6.20 Å². The highest BCUT2D eigenvalue weighted by atomic mass is 16.2. The highest BCUT2D eigenvalue weighted by molar-refractivity contribution is 5.74. The number of benzene rings is 1. The van der Waals surface area contributed by atoms with Crippen LogP contribution in [0.5, 0.6) is 0 Å². The van der Waals surface area contributed by atoms with Gasteiger partial charge in [0.05, 0.1) is 0 Å². The van der Waals surface area contributed by atoms with Gasteiger partial charge in [0.2, 0.25) is 0 Å². The minimum absolute atomic E-state index is 0.0541. The third-order valence-electron chi connectivity index (χ3n) is 5.28. The molecule has 0 saturated carbocycles. The molecule has 27 heavy (non-hydrogen) atoms. The molecule has 1 aromatic heterocycles. The first-order valence-corrected chi connectivity index (χ1v) is 9.73. The fourth-order valence-electron chi connectivity index (χ4n) is 3.87. The number of pyridine rings is 1. The van der Waals surface area contributed by atoms with Crippen LogP contribution in [0, 0.1) is 20.8 Å². The molecule has 1 N–H and O–H groups in total. The number of amides is 2. The SMILES string of the molecule is Cc1cc(C)c(CCNC(=O)N2CCN(Cc3cccnc3)CC2)c(C)c1. The maximum Gasteiger partial charge on any atom is 0.317 e. The van der Waals surface area contributed by atoms with Gasteiger partial charge in [0, 0.05) is 51.7 Å². The Kier molecular flexibility index (Phi) is 6.45. The maximum atomic E-state index is 12.5. The summed E-state index contributed by atoms with van der Waals surface area (Å²) in [6.07, 6.45) is 4.59. The Morgan fingerprint density at radius 2 is 1.81 bits per heavy atom. The van der Waals surface area contributed by atoms with Gasteiger partial charge in [0.15, 0.2) is 0 Å². The molecule has 0 spiro atoms. The van der Waals surface area contributed by atoms with Crippen molar-refractivity contribution < 1.29 is 4.79 Å². The summed E-state index contributed by atoms with van der Waals surface area (Å²) >= 11 is 0. The Labute approximate surface area is 162 Å². The van der Waals surface area contributed by atoms with Crippen LogP contribution in [0.2, 0.25) is 0 Å². The number of nitrogens with zero attached hydrogens (tertiary/aromatic N) is 3. The Morgan fingerprint density at radius 3 is 2.44 bits per heavy atom. The summed E-state index contributed by atoms with van der Waals surface area (Å²) in [6.45, 7) is 11.4. The molecular formula is C22H30N4O. The Balaban J connectivity index is 1.42. The fourth-order valence-corrected chi connectivity index (χ4v) is 3.87. The normalized spacial score (nSPS) is 15.0. The molecule has 0 bridgehead atoms. The van der Waals surface area contributed by atoms with E-state index in [0.717, 1.165) is 39.1 Å². The number of piperazine rings is 1. The second-order valence-electron chi connectivity index (χ2n) is 7.48. The lowest BCUT2D eigenvalue weighted by molar-refractivity contribution is 0.135. The average Bonchev–Trinajstić information content (AvgIpc) is 2.65. The van der Waals surface area contributed by atoms with E-state index in [2.05, 4.69) is 54.2 Å². The van der Waals surface area contributed by atoms with Gasteiger partial charge in [0.25, 0.3) is 0 Å². The molecule has 2 aromatic rings. The summed E-state index contributed by atoms with van der Waals surface area (Å²) in [7, 11) is 0. The molecule has 1 aliphatic heterocycles. The fraction of sp³-hybridized carbons (Fsp3) is 0.455. The van der Waals surface area contributed by atoms with E-state index >= 15 is 0 Å². The predicted octanol–water partition coefficient (Wildman–Crippen LogP) is 3.08. The van der Waals surface area contributed by atoms with Crippen molar-refractivity contribution in [2.75, 3.05) is 32.7 Å². The summed E-state index contributed by atoms with van der Waals surface area (Å²) in [5.41, 5.74) is 6.49. The van der Waals surface area contributed by atoms with E-state index in [0.29, 0.717) is 6.54 Å². The lowest BCUT2D eigenvalue weighted by atomic mass is 9.97. The molecule has 1 fully saturated rings. The molecule has 2 amide bonds. The van der Waals surface area contributed by atoms with E-state index < -0.39 is 0 Å². The van der Waals surface area contributed by atoms with E-state index in [1.165, 1.54) is 27.8 Å². The van der Waals surface area contributed by atoms with Crippen molar-refractivity contribution in [2.24, 2.45) is 0 Å². The van der Waals surface area contributed by atoms with Crippen molar-refractivity contribution in [3.05, 3.63) is 64.5 Å². The van der Waals surface area contributed by atoms with Crippen LogP contribution in [0.4, 0.5) is 4.79 Å². The van der Waals surface area contributed by atoms with Crippen LogP contribution in [0.3, 0.4) is 0 Å². The molecule has 0 atom stereocenters. The molecule has 1 saturated heterocycles. The van der Waals surface area contributed by atoms with E-state index in [4.69, 9.17) is 0 Å². The van der Waals surface area contributed by atoms with Crippen molar-refractivity contribution in [3.63, 3.8) is 0 Å². The zero-order valence-electron chi connectivity index (χ0n) is 16.7. The molecule has 3 rings (SSSR count). The third kappa shape index (κ3) is 5.30. The summed E-state index contributed by atoms with van der Waals surface area (Å²) < 4.78 is 0. The van der Waals surface area contributed by atoms with Gasteiger partial charge in [-0.3, -0.25) is 9.88 Å². The van der Waals surface area contributed by atoms with Crippen molar-refractivity contribution in [3.8, 4) is 0 Å². The summed E-state index contributed by atoms with van der Waals surface area (Å²) in [4.78, 5) is 20.9. The number of hydrogen-bond acceptors (Lipinski definition) is 3. The van der Waals surface area contributed by atoms with Gasteiger partial charge in [-0.15, -0.1) is 0 Å². The van der Waals surface area contributed by atoms with Gasteiger partial charge in [-0.1, -0.05) is 23.8 Å².